The van der Waals surface area contributed by atoms with Crippen molar-refractivity contribution >= 4 is 11.9 Å². The van der Waals surface area contributed by atoms with Crippen LogP contribution in [0.3, 0.4) is 0 Å². The van der Waals surface area contributed by atoms with E-state index < -0.39 is 12.1 Å². The number of aliphatic hydroxyl groups excluding tert-OH is 2. The summed E-state index contributed by atoms with van der Waals surface area (Å²) in [7, 11) is 0. The number of hydrogen-bond donors (Lipinski definition) is 3. The molecule has 0 saturated carbocycles. The second-order valence-electron chi connectivity index (χ2n) is 21.7. The van der Waals surface area contributed by atoms with E-state index >= 15 is 0 Å². The summed E-state index contributed by atoms with van der Waals surface area (Å²) in [6, 6.07) is -0.628. The number of unbranched alkanes of at least 4 members (excludes halogenated alkanes) is 44. The molecule has 6 nitrogen and oxygen atoms in total. The Morgan fingerprint density at radius 3 is 1.03 bits per heavy atom. The fourth-order valence-electron chi connectivity index (χ4n) is 9.74. The van der Waals surface area contributed by atoms with Crippen molar-refractivity contribution in [2.45, 2.75) is 353 Å². The Labute approximate surface area is 443 Å². The van der Waals surface area contributed by atoms with Crippen LogP contribution in [0.25, 0.3) is 0 Å². The number of allylic oxidation sites excluding steroid dienone is 5. The average Bonchev–Trinajstić information content (AvgIpc) is 3.37. The predicted octanol–water partition coefficient (Wildman–Crippen LogP) is 20.0. The summed E-state index contributed by atoms with van der Waals surface area (Å²) >= 11 is 0. The van der Waals surface area contributed by atoms with Crippen molar-refractivity contribution in [1.29, 1.82) is 0 Å². The molecule has 71 heavy (non-hydrogen) atoms. The standard InChI is InChI=1S/C65H123NO5/c1-3-5-7-9-11-13-15-17-31-34-37-41-45-49-53-57-63(68)62(61-67)66-64(69)58-54-50-46-42-38-35-32-29-27-25-23-21-19-18-20-22-24-26-28-30-33-36-40-44-48-52-56-60-71-65(70)59-55-51-47-43-39-16-14-12-10-8-6-4-2/h12,14,18-19,53,57,62-63,67-68H,3-11,13,15-17,20-52,54-56,58-61H2,1-2H3,(H,66,69)/b14-12-,19-18-,57-53+. The van der Waals surface area contributed by atoms with E-state index in [4.69, 9.17) is 4.74 Å². The zero-order chi connectivity index (χ0) is 51.4. The number of carbonyl (C=O) groups is 2. The number of aliphatic hydroxyl groups is 2. The van der Waals surface area contributed by atoms with Gasteiger partial charge in [0.2, 0.25) is 5.91 Å². The summed E-state index contributed by atoms with van der Waals surface area (Å²) in [5.41, 5.74) is 0. The normalized spacial score (nSPS) is 12.8. The molecule has 3 N–H and O–H groups in total. The molecule has 1 amide bonds. The number of carbonyl (C=O) groups excluding carboxylic acids is 2. The van der Waals surface area contributed by atoms with Gasteiger partial charge in [0, 0.05) is 12.8 Å². The lowest BCUT2D eigenvalue weighted by atomic mass is 10.0. The zero-order valence-corrected chi connectivity index (χ0v) is 47.7. The fourth-order valence-corrected chi connectivity index (χ4v) is 9.74. The van der Waals surface area contributed by atoms with E-state index in [0.29, 0.717) is 19.4 Å². The Hall–Kier alpha value is -1.92. The van der Waals surface area contributed by atoms with Crippen LogP contribution in [0.1, 0.15) is 341 Å². The maximum Gasteiger partial charge on any atom is 0.305 e. The van der Waals surface area contributed by atoms with Crippen molar-refractivity contribution in [2.24, 2.45) is 0 Å². The first-order valence-electron chi connectivity index (χ1n) is 31.8. The SMILES string of the molecule is CCCCC/C=C\CCCCCCCC(=O)OCCCCCCCCCCCCCC/C=C\CCCCCCCCCCCCCC(=O)NC(CO)C(O)/C=C/CCCCCCCCCCCCCCC. The van der Waals surface area contributed by atoms with E-state index in [1.165, 1.54) is 270 Å². The maximum absolute atomic E-state index is 12.5. The monoisotopic (exact) mass is 998 g/mol. The third-order valence-corrected chi connectivity index (χ3v) is 14.6. The van der Waals surface area contributed by atoms with Gasteiger partial charge in [0.15, 0.2) is 0 Å². The molecule has 0 radical (unpaired) electrons. The minimum atomic E-state index is -0.845. The lowest BCUT2D eigenvalue weighted by molar-refractivity contribution is -0.143. The van der Waals surface area contributed by atoms with Gasteiger partial charge in [0.05, 0.1) is 25.4 Å². The Morgan fingerprint density at radius 2 is 0.662 bits per heavy atom. The molecule has 0 aromatic carbocycles. The van der Waals surface area contributed by atoms with Crippen LogP contribution in [-0.4, -0.2) is 47.4 Å². The number of esters is 1. The molecule has 0 bridgehead atoms. The van der Waals surface area contributed by atoms with Crippen LogP contribution in [0.2, 0.25) is 0 Å². The van der Waals surface area contributed by atoms with Gasteiger partial charge in [0.1, 0.15) is 0 Å². The summed E-state index contributed by atoms with van der Waals surface area (Å²) in [6.07, 6.45) is 76.2. The lowest BCUT2D eigenvalue weighted by Gasteiger charge is -2.20. The molecule has 0 aliphatic heterocycles. The van der Waals surface area contributed by atoms with Crippen LogP contribution < -0.4 is 5.32 Å². The Balaban J connectivity index is 3.41. The molecule has 2 unspecified atom stereocenters. The highest BCUT2D eigenvalue weighted by Crippen LogP contribution is 2.17. The van der Waals surface area contributed by atoms with Crippen LogP contribution in [0.4, 0.5) is 0 Å². The van der Waals surface area contributed by atoms with Gasteiger partial charge in [-0.2, -0.15) is 0 Å². The van der Waals surface area contributed by atoms with E-state index in [9.17, 15) is 19.8 Å². The van der Waals surface area contributed by atoms with E-state index in [1.807, 2.05) is 6.08 Å². The van der Waals surface area contributed by atoms with Gasteiger partial charge >= 0.3 is 5.97 Å². The van der Waals surface area contributed by atoms with Gasteiger partial charge in [-0.05, 0) is 83.5 Å². The third kappa shape index (κ3) is 57.2. The molecule has 2 atom stereocenters. The van der Waals surface area contributed by atoms with E-state index in [0.717, 1.165) is 44.9 Å². The number of hydrogen-bond acceptors (Lipinski definition) is 5. The Morgan fingerprint density at radius 1 is 0.380 bits per heavy atom. The molecular formula is C65H123NO5. The Kier molecular flexibility index (Phi) is 59.0. The Bertz CT molecular complexity index is 1150. The first-order chi connectivity index (χ1) is 35.0. The van der Waals surface area contributed by atoms with Gasteiger partial charge in [-0.25, -0.2) is 0 Å². The maximum atomic E-state index is 12.5. The highest BCUT2D eigenvalue weighted by atomic mass is 16.5. The minimum absolute atomic E-state index is 0.00453. The molecule has 0 heterocycles. The topological polar surface area (TPSA) is 95.9 Å². The second kappa shape index (κ2) is 60.6. The smallest absolute Gasteiger partial charge is 0.305 e. The van der Waals surface area contributed by atoms with Gasteiger partial charge in [-0.1, -0.05) is 281 Å². The molecule has 0 aliphatic carbocycles. The van der Waals surface area contributed by atoms with Gasteiger partial charge in [0.25, 0.3) is 0 Å². The second-order valence-corrected chi connectivity index (χ2v) is 21.7. The highest BCUT2D eigenvalue weighted by Gasteiger charge is 2.18. The average molecular weight is 999 g/mol. The largest absolute Gasteiger partial charge is 0.466 e. The molecular weight excluding hydrogens is 875 g/mol. The molecule has 6 heteroatoms. The lowest BCUT2D eigenvalue weighted by Crippen LogP contribution is -2.45. The highest BCUT2D eigenvalue weighted by molar-refractivity contribution is 5.76. The third-order valence-electron chi connectivity index (χ3n) is 14.6. The van der Waals surface area contributed by atoms with Gasteiger partial charge < -0.3 is 20.3 Å². The van der Waals surface area contributed by atoms with Crippen molar-refractivity contribution in [3.05, 3.63) is 36.5 Å². The summed E-state index contributed by atoms with van der Waals surface area (Å²) in [5, 5.41) is 23.1. The van der Waals surface area contributed by atoms with Crippen LogP contribution >= 0.6 is 0 Å². The zero-order valence-electron chi connectivity index (χ0n) is 47.7. The predicted molar refractivity (Wildman–Crippen MR) is 310 cm³/mol. The molecule has 0 fully saturated rings. The first-order valence-corrected chi connectivity index (χ1v) is 31.8. The summed E-state index contributed by atoms with van der Waals surface area (Å²) in [5.74, 6) is -0.0630. The summed E-state index contributed by atoms with van der Waals surface area (Å²) < 4.78 is 5.47. The van der Waals surface area contributed by atoms with Gasteiger partial charge in [-0.15, -0.1) is 0 Å². The van der Waals surface area contributed by atoms with E-state index in [1.54, 1.807) is 6.08 Å². The van der Waals surface area contributed by atoms with Crippen molar-refractivity contribution in [2.75, 3.05) is 13.2 Å². The molecule has 0 aromatic rings. The van der Waals surface area contributed by atoms with Crippen LogP contribution in [0.5, 0.6) is 0 Å². The number of ether oxygens (including phenoxy) is 1. The van der Waals surface area contributed by atoms with Crippen molar-refractivity contribution in [1.82, 2.24) is 5.32 Å². The molecule has 418 valence electrons. The van der Waals surface area contributed by atoms with Crippen LogP contribution in [0.15, 0.2) is 36.5 Å². The number of nitrogens with one attached hydrogen (secondary N) is 1. The van der Waals surface area contributed by atoms with Crippen LogP contribution in [0, 0.1) is 0 Å². The van der Waals surface area contributed by atoms with Crippen LogP contribution in [-0.2, 0) is 14.3 Å². The molecule has 0 rings (SSSR count). The van der Waals surface area contributed by atoms with E-state index in [-0.39, 0.29) is 18.5 Å². The van der Waals surface area contributed by atoms with Crippen molar-refractivity contribution < 1.29 is 24.5 Å². The fraction of sp³-hybridized carbons (Fsp3) is 0.877. The first kappa shape index (κ1) is 69.1. The number of rotatable bonds is 59. The number of amides is 1. The van der Waals surface area contributed by atoms with Gasteiger partial charge in [-0.3, -0.25) is 9.59 Å². The molecule has 0 aliphatic rings. The van der Waals surface area contributed by atoms with E-state index in [2.05, 4.69) is 43.5 Å². The summed E-state index contributed by atoms with van der Waals surface area (Å²) in [6.45, 7) is 4.89. The molecule has 0 aromatic heterocycles. The van der Waals surface area contributed by atoms with Crippen molar-refractivity contribution in [3.63, 3.8) is 0 Å². The summed E-state index contributed by atoms with van der Waals surface area (Å²) in [4.78, 5) is 24.5. The molecule has 0 saturated heterocycles. The molecule has 0 spiro atoms. The minimum Gasteiger partial charge on any atom is -0.466 e. The quantitative estimate of drug-likeness (QED) is 0.0321. The van der Waals surface area contributed by atoms with Crippen molar-refractivity contribution in [3.8, 4) is 0 Å².